The van der Waals surface area contributed by atoms with E-state index in [-0.39, 0.29) is 11.3 Å². The standard InChI is InChI=1S/C13H18F3NO/c1-13(2,3)17-7-9-4-5-11(10(14)6-9)18-8-12(15)16/h4-6,12,17H,7-8H2,1-3H3. The van der Waals surface area contributed by atoms with Crippen molar-refractivity contribution in [3.05, 3.63) is 29.6 Å². The maximum absolute atomic E-state index is 13.5. The van der Waals surface area contributed by atoms with Crippen LogP contribution in [0.3, 0.4) is 0 Å². The average molecular weight is 261 g/mol. The van der Waals surface area contributed by atoms with Gasteiger partial charge in [-0.05, 0) is 38.5 Å². The highest BCUT2D eigenvalue weighted by Crippen LogP contribution is 2.19. The lowest BCUT2D eigenvalue weighted by molar-refractivity contribution is 0.0799. The largest absolute Gasteiger partial charge is 0.485 e. The van der Waals surface area contributed by atoms with E-state index in [2.05, 4.69) is 10.1 Å². The molecule has 0 saturated heterocycles. The predicted octanol–water partition coefficient (Wildman–Crippen LogP) is 3.36. The fourth-order valence-corrected chi connectivity index (χ4v) is 1.29. The Bertz CT molecular complexity index is 388. The second-order valence-electron chi connectivity index (χ2n) is 5.07. The lowest BCUT2D eigenvalue weighted by Gasteiger charge is -2.20. The van der Waals surface area contributed by atoms with Crippen molar-refractivity contribution in [2.45, 2.75) is 39.3 Å². The first kappa shape index (κ1) is 14.8. The molecule has 18 heavy (non-hydrogen) atoms. The highest BCUT2D eigenvalue weighted by atomic mass is 19.3. The third-order valence-electron chi connectivity index (χ3n) is 2.18. The van der Waals surface area contributed by atoms with Gasteiger partial charge in [0.2, 0.25) is 0 Å². The first-order valence-corrected chi connectivity index (χ1v) is 5.72. The summed E-state index contributed by atoms with van der Waals surface area (Å²) in [6.45, 7) is 5.72. The van der Waals surface area contributed by atoms with E-state index in [9.17, 15) is 13.2 Å². The number of rotatable bonds is 5. The molecule has 2 nitrogen and oxygen atoms in total. The quantitative estimate of drug-likeness (QED) is 0.877. The zero-order valence-electron chi connectivity index (χ0n) is 10.8. The van der Waals surface area contributed by atoms with Crippen molar-refractivity contribution in [2.75, 3.05) is 6.61 Å². The molecule has 0 unspecified atom stereocenters. The van der Waals surface area contributed by atoms with E-state index in [1.54, 1.807) is 6.07 Å². The second-order valence-corrected chi connectivity index (χ2v) is 5.07. The van der Waals surface area contributed by atoms with E-state index in [0.717, 1.165) is 5.56 Å². The van der Waals surface area contributed by atoms with Crippen molar-refractivity contribution in [3.63, 3.8) is 0 Å². The van der Waals surface area contributed by atoms with Gasteiger partial charge in [-0.15, -0.1) is 0 Å². The van der Waals surface area contributed by atoms with Crippen LogP contribution in [0.5, 0.6) is 5.75 Å². The van der Waals surface area contributed by atoms with Crippen LogP contribution in [0, 0.1) is 5.82 Å². The molecule has 102 valence electrons. The summed E-state index contributed by atoms with van der Waals surface area (Å²) < 4.78 is 42.0. The van der Waals surface area contributed by atoms with E-state index in [1.165, 1.54) is 12.1 Å². The molecule has 0 aliphatic heterocycles. The Morgan fingerprint density at radius 3 is 2.44 bits per heavy atom. The highest BCUT2D eigenvalue weighted by Gasteiger charge is 2.11. The van der Waals surface area contributed by atoms with Crippen molar-refractivity contribution in [3.8, 4) is 5.75 Å². The zero-order valence-corrected chi connectivity index (χ0v) is 10.8. The number of alkyl halides is 2. The number of halogens is 3. The normalized spacial score (nSPS) is 11.9. The lowest BCUT2D eigenvalue weighted by atomic mass is 10.1. The third kappa shape index (κ3) is 5.40. The Hall–Kier alpha value is -1.23. The Labute approximate surface area is 105 Å². The minimum atomic E-state index is -2.60. The number of nitrogens with one attached hydrogen (secondary N) is 1. The molecular weight excluding hydrogens is 243 g/mol. The van der Waals surface area contributed by atoms with Crippen LogP contribution < -0.4 is 10.1 Å². The van der Waals surface area contributed by atoms with Crippen LogP contribution in [0.2, 0.25) is 0 Å². The van der Waals surface area contributed by atoms with Crippen LogP contribution in [0.15, 0.2) is 18.2 Å². The Morgan fingerprint density at radius 2 is 1.94 bits per heavy atom. The highest BCUT2D eigenvalue weighted by molar-refractivity contribution is 5.29. The van der Waals surface area contributed by atoms with Gasteiger partial charge in [0.15, 0.2) is 11.6 Å². The van der Waals surface area contributed by atoms with Crippen LogP contribution in [-0.2, 0) is 6.54 Å². The summed E-state index contributed by atoms with van der Waals surface area (Å²) in [6, 6.07) is 4.32. The average Bonchev–Trinajstić information content (AvgIpc) is 2.24. The van der Waals surface area contributed by atoms with Gasteiger partial charge < -0.3 is 10.1 Å². The molecule has 0 aliphatic rings. The Morgan fingerprint density at radius 1 is 1.28 bits per heavy atom. The summed E-state index contributed by atoms with van der Waals surface area (Å²) in [5, 5.41) is 3.21. The zero-order chi connectivity index (χ0) is 13.8. The number of ether oxygens (including phenoxy) is 1. The van der Waals surface area contributed by atoms with Gasteiger partial charge in [0, 0.05) is 12.1 Å². The van der Waals surface area contributed by atoms with E-state index in [4.69, 9.17) is 0 Å². The van der Waals surface area contributed by atoms with E-state index >= 15 is 0 Å². The topological polar surface area (TPSA) is 21.3 Å². The molecule has 0 amide bonds. The molecule has 5 heteroatoms. The fourth-order valence-electron chi connectivity index (χ4n) is 1.29. The van der Waals surface area contributed by atoms with Gasteiger partial charge in [0.1, 0.15) is 6.61 Å². The first-order valence-electron chi connectivity index (χ1n) is 5.72. The van der Waals surface area contributed by atoms with Gasteiger partial charge in [-0.25, -0.2) is 13.2 Å². The summed E-state index contributed by atoms with van der Waals surface area (Å²) in [5.41, 5.74) is 0.674. The minimum Gasteiger partial charge on any atom is -0.485 e. The van der Waals surface area contributed by atoms with Crippen LogP contribution >= 0.6 is 0 Å². The molecular formula is C13H18F3NO. The predicted molar refractivity (Wildman–Crippen MR) is 64.5 cm³/mol. The Balaban J connectivity index is 2.62. The number of benzene rings is 1. The number of hydrogen-bond donors (Lipinski definition) is 1. The van der Waals surface area contributed by atoms with Crippen LogP contribution in [0.1, 0.15) is 26.3 Å². The number of hydrogen-bond acceptors (Lipinski definition) is 2. The van der Waals surface area contributed by atoms with Gasteiger partial charge in [-0.1, -0.05) is 6.07 Å². The van der Waals surface area contributed by atoms with Crippen molar-refractivity contribution in [1.29, 1.82) is 0 Å². The van der Waals surface area contributed by atoms with Gasteiger partial charge in [-0.3, -0.25) is 0 Å². The van der Waals surface area contributed by atoms with Crippen molar-refractivity contribution >= 4 is 0 Å². The van der Waals surface area contributed by atoms with E-state index in [0.29, 0.717) is 6.54 Å². The van der Waals surface area contributed by atoms with Crippen LogP contribution in [0.25, 0.3) is 0 Å². The minimum absolute atomic E-state index is 0.0681. The third-order valence-corrected chi connectivity index (χ3v) is 2.18. The molecule has 1 rings (SSSR count). The van der Waals surface area contributed by atoms with Crippen molar-refractivity contribution in [1.82, 2.24) is 5.32 Å². The molecule has 0 saturated carbocycles. The second kappa shape index (κ2) is 6.09. The molecule has 0 aliphatic carbocycles. The molecule has 0 heterocycles. The van der Waals surface area contributed by atoms with Crippen LogP contribution in [-0.4, -0.2) is 18.6 Å². The lowest BCUT2D eigenvalue weighted by Crippen LogP contribution is -2.35. The molecule has 0 spiro atoms. The summed E-state index contributed by atoms with van der Waals surface area (Å²) >= 11 is 0. The van der Waals surface area contributed by atoms with Gasteiger partial charge in [0.25, 0.3) is 6.43 Å². The summed E-state index contributed by atoms with van der Waals surface area (Å²) in [5.74, 6) is -0.765. The van der Waals surface area contributed by atoms with Gasteiger partial charge in [0.05, 0.1) is 0 Å². The van der Waals surface area contributed by atoms with E-state index in [1.807, 2.05) is 20.8 Å². The van der Waals surface area contributed by atoms with Gasteiger partial charge >= 0.3 is 0 Å². The first-order chi connectivity index (χ1) is 8.28. The smallest absolute Gasteiger partial charge is 0.272 e. The molecule has 1 aromatic rings. The van der Waals surface area contributed by atoms with Crippen molar-refractivity contribution in [2.24, 2.45) is 0 Å². The fraction of sp³-hybridized carbons (Fsp3) is 0.538. The SMILES string of the molecule is CC(C)(C)NCc1ccc(OCC(F)F)c(F)c1. The molecule has 0 fully saturated rings. The monoisotopic (exact) mass is 261 g/mol. The summed E-state index contributed by atoms with van der Waals surface area (Å²) in [7, 11) is 0. The Kier molecular flexibility index (Phi) is 5.02. The van der Waals surface area contributed by atoms with Crippen molar-refractivity contribution < 1.29 is 17.9 Å². The molecule has 0 radical (unpaired) electrons. The van der Waals surface area contributed by atoms with E-state index < -0.39 is 18.8 Å². The molecule has 0 atom stereocenters. The van der Waals surface area contributed by atoms with Crippen LogP contribution in [0.4, 0.5) is 13.2 Å². The maximum atomic E-state index is 13.5. The van der Waals surface area contributed by atoms with Gasteiger partial charge in [-0.2, -0.15) is 0 Å². The summed E-state index contributed by atoms with van der Waals surface area (Å²) in [4.78, 5) is 0. The summed E-state index contributed by atoms with van der Waals surface area (Å²) in [6.07, 6.45) is -2.60. The molecule has 1 N–H and O–H groups in total. The molecule has 0 aromatic heterocycles. The molecule has 0 bridgehead atoms. The molecule has 1 aromatic carbocycles. The maximum Gasteiger partial charge on any atom is 0.272 e.